The number of pyridine rings is 1. The Labute approximate surface area is 172 Å². The molecule has 2 heterocycles. The first-order valence-corrected chi connectivity index (χ1v) is 10.0. The van der Waals surface area contributed by atoms with Crippen LogP contribution in [-0.4, -0.2) is 25.9 Å². The summed E-state index contributed by atoms with van der Waals surface area (Å²) in [5, 5.41) is 15.0. The molecule has 8 heteroatoms. The van der Waals surface area contributed by atoms with Gasteiger partial charge in [0.15, 0.2) is 0 Å². The number of carbonyl (C=O) groups excluding carboxylic acids is 1. The molecule has 148 valence electrons. The summed E-state index contributed by atoms with van der Waals surface area (Å²) in [5.41, 5.74) is 1.70. The van der Waals surface area contributed by atoms with Crippen molar-refractivity contribution >= 4 is 23.5 Å². The lowest BCUT2D eigenvalue weighted by atomic mass is 10.1. The Kier molecular flexibility index (Phi) is 6.20. The van der Waals surface area contributed by atoms with Crippen molar-refractivity contribution in [2.75, 3.05) is 5.32 Å². The standard InChI is InChI=1S/C21H21N5O2S/c1-13(2)17-10-9-15(12-22)21(23-17)29-14(3)20(28)24-18-11-19(27)26(25-18)16-7-5-4-6-8-16/h4-11,13-14,25H,1-3H3,(H,24,28). The van der Waals surface area contributed by atoms with E-state index in [-0.39, 0.29) is 17.4 Å². The minimum absolute atomic E-state index is 0.217. The van der Waals surface area contributed by atoms with Crippen LogP contribution in [0.1, 0.15) is 37.9 Å². The second kappa shape index (κ2) is 8.80. The Balaban J connectivity index is 1.75. The van der Waals surface area contributed by atoms with Gasteiger partial charge in [-0.15, -0.1) is 0 Å². The quantitative estimate of drug-likeness (QED) is 0.607. The molecule has 3 aromatic rings. The summed E-state index contributed by atoms with van der Waals surface area (Å²) < 4.78 is 1.36. The number of nitriles is 1. The zero-order valence-electron chi connectivity index (χ0n) is 16.3. The van der Waals surface area contributed by atoms with Crippen LogP contribution >= 0.6 is 11.8 Å². The van der Waals surface area contributed by atoms with Crippen molar-refractivity contribution in [3.05, 3.63) is 70.1 Å². The number of anilines is 1. The summed E-state index contributed by atoms with van der Waals surface area (Å²) in [5.74, 6) is 0.229. The third-order valence-corrected chi connectivity index (χ3v) is 5.35. The van der Waals surface area contributed by atoms with Gasteiger partial charge in [-0.3, -0.25) is 14.7 Å². The summed E-state index contributed by atoms with van der Waals surface area (Å²) in [7, 11) is 0. The van der Waals surface area contributed by atoms with Crippen LogP contribution in [0.25, 0.3) is 5.69 Å². The lowest BCUT2D eigenvalue weighted by Gasteiger charge is -2.13. The molecule has 0 bridgehead atoms. The van der Waals surface area contributed by atoms with E-state index in [0.717, 1.165) is 5.69 Å². The Morgan fingerprint density at radius 3 is 2.59 bits per heavy atom. The highest BCUT2D eigenvalue weighted by Gasteiger charge is 2.19. The molecular weight excluding hydrogens is 386 g/mol. The highest BCUT2D eigenvalue weighted by Crippen LogP contribution is 2.27. The predicted molar refractivity (Wildman–Crippen MR) is 113 cm³/mol. The van der Waals surface area contributed by atoms with E-state index in [4.69, 9.17) is 0 Å². The van der Waals surface area contributed by atoms with Crippen molar-refractivity contribution in [2.45, 2.75) is 37.0 Å². The third kappa shape index (κ3) is 4.76. The second-order valence-electron chi connectivity index (χ2n) is 6.78. The minimum atomic E-state index is -0.513. The number of carbonyl (C=O) groups is 1. The smallest absolute Gasteiger partial charge is 0.273 e. The van der Waals surface area contributed by atoms with Gasteiger partial charge in [0, 0.05) is 11.8 Å². The monoisotopic (exact) mass is 407 g/mol. The molecular formula is C21H21N5O2S. The van der Waals surface area contributed by atoms with E-state index < -0.39 is 5.25 Å². The fourth-order valence-electron chi connectivity index (χ4n) is 2.64. The van der Waals surface area contributed by atoms with Gasteiger partial charge in [-0.1, -0.05) is 43.8 Å². The molecule has 1 unspecified atom stereocenters. The summed E-state index contributed by atoms with van der Waals surface area (Å²) in [6, 6.07) is 16.1. The van der Waals surface area contributed by atoms with Crippen LogP contribution in [0, 0.1) is 11.3 Å². The number of H-pyrrole nitrogens is 1. The topological polar surface area (TPSA) is 104 Å². The largest absolute Gasteiger partial charge is 0.310 e. The van der Waals surface area contributed by atoms with E-state index in [1.54, 1.807) is 25.1 Å². The molecule has 2 N–H and O–H groups in total. The van der Waals surface area contributed by atoms with Gasteiger partial charge in [0.25, 0.3) is 5.56 Å². The number of hydrogen-bond acceptors (Lipinski definition) is 5. The lowest BCUT2D eigenvalue weighted by Crippen LogP contribution is -2.23. The number of aromatic amines is 1. The number of rotatable bonds is 6. The first-order chi connectivity index (χ1) is 13.9. The molecule has 0 fully saturated rings. The van der Waals surface area contributed by atoms with Gasteiger partial charge in [-0.2, -0.15) is 5.26 Å². The number of para-hydroxylation sites is 1. The van der Waals surface area contributed by atoms with Crippen molar-refractivity contribution < 1.29 is 4.79 Å². The second-order valence-corrected chi connectivity index (χ2v) is 8.11. The molecule has 1 aromatic carbocycles. The molecule has 0 aliphatic rings. The first-order valence-electron chi connectivity index (χ1n) is 9.15. The fourth-order valence-corrected chi connectivity index (χ4v) is 3.53. The highest BCUT2D eigenvalue weighted by atomic mass is 32.2. The van der Waals surface area contributed by atoms with Gasteiger partial charge < -0.3 is 5.32 Å². The molecule has 2 aromatic heterocycles. The van der Waals surface area contributed by atoms with E-state index in [1.165, 1.54) is 22.5 Å². The molecule has 0 radical (unpaired) electrons. The van der Waals surface area contributed by atoms with E-state index in [2.05, 4.69) is 21.5 Å². The van der Waals surface area contributed by atoms with Crippen molar-refractivity contribution in [3.63, 3.8) is 0 Å². The van der Waals surface area contributed by atoms with Crippen LogP contribution in [0.4, 0.5) is 5.82 Å². The zero-order valence-corrected chi connectivity index (χ0v) is 17.2. The SMILES string of the molecule is CC(Sc1nc(C(C)C)ccc1C#N)C(=O)Nc1cc(=O)n(-c2ccccc2)[nH]1. The number of amides is 1. The normalized spacial score (nSPS) is 11.8. The Morgan fingerprint density at radius 2 is 1.93 bits per heavy atom. The fraction of sp³-hybridized carbons (Fsp3) is 0.238. The van der Waals surface area contributed by atoms with E-state index >= 15 is 0 Å². The highest BCUT2D eigenvalue weighted by molar-refractivity contribution is 8.00. The molecule has 0 aliphatic heterocycles. The van der Waals surface area contributed by atoms with Crippen LogP contribution in [0.15, 0.2) is 58.4 Å². The van der Waals surface area contributed by atoms with Crippen molar-refractivity contribution in [3.8, 4) is 11.8 Å². The third-order valence-electron chi connectivity index (χ3n) is 4.24. The summed E-state index contributed by atoms with van der Waals surface area (Å²) in [4.78, 5) is 29.3. The maximum absolute atomic E-state index is 12.6. The lowest BCUT2D eigenvalue weighted by molar-refractivity contribution is -0.115. The average Bonchev–Trinajstić information content (AvgIpc) is 3.08. The zero-order chi connectivity index (χ0) is 21.0. The van der Waals surface area contributed by atoms with Gasteiger partial charge in [-0.05, 0) is 37.1 Å². The van der Waals surface area contributed by atoms with Gasteiger partial charge in [-0.25, -0.2) is 9.67 Å². The van der Waals surface area contributed by atoms with E-state index in [9.17, 15) is 14.9 Å². The van der Waals surface area contributed by atoms with Crippen LogP contribution in [0.5, 0.6) is 0 Å². The number of nitrogens with one attached hydrogen (secondary N) is 2. The molecule has 0 saturated carbocycles. The van der Waals surface area contributed by atoms with Crippen LogP contribution < -0.4 is 10.9 Å². The molecule has 3 rings (SSSR count). The molecule has 7 nitrogen and oxygen atoms in total. The molecule has 1 amide bonds. The number of benzene rings is 1. The maximum atomic E-state index is 12.6. The minimum Gasteiger partial charge on any atom is -0.310 e. The van der Waals surface area contributed by atoms with Crippen LogP contribution in [0.3, 0.4) is 0 Å². The van der Waals surface area contributed by atoms with E-state index in [1.807, 2.05) is 38.1 Å². The van der Waals surface area contributed by atoms with Crippen LogP contribution in [-0.2, 0) is 4.79 Å². The van der Waals surface area contributed by atoms with Gasteiger partial charge in [0.05, 0.1) is 16.5 Å². The average molecular weight is 407 g/mol. The number of nitrogens with zero attached hydrogens (tertiary/aromatic N) is 3. The molecule has 29 heavy (non-hydrogen) atoms. The van der Waals surface area contributed by atoms with Crippen molar-refractivity contribution in [1.82, 2.24) is 14.8 Å². The van der Waals surface area contributed by atoms with E-state index in [0.29, 0.717) is 22.1 Å². The molecule has 0 spiro atoms. The van der Waals surface area contributed by atoms with Crippen molar-refractivity contribution in [2.24, 2.45) is 0 Å². The molecule has 0 saturated heterocycles. The van der Waals surface area contributed by atoms with Gasteiger partial charge in [0.1, 0.15) is 16.9 Å². The summed E-state index contributed by atoms with van der Waals surface area (Å²) >= 11 is 1.22. The summed E-state index contributed by atoms with van der Waals surface area (Å²) in [6.07, 6.45) is 0. The number of hydrogen-bond donors (Lipinski definition) is 2. The van der Waals surface area contributed by atoms with Crippen molar-refractivity contribution in [1.29, 1.82) is 5.26 Å². The molecule has 0 aliphatic carbocycles. The Bertz CT molecular complexity index is 1110. The number of thioether (sulfide) groups is 1. The first kappa shape index (κ1) is 20.4. The van der Waals surface area contributed by atoms with Crippen LogP contribution in [0.2, 0.25) is 0 Å². The predicted octanol–water partition coefficient (Wildman–Crippen LogP) is 3.67. The Morgan fingerprint density at radius 1 is 1.21 bits per heavy atom. The molecule has 1 atom stereocenters. The summed E-state index contributed by atoms with van der Waals surface area (Å²) in [6.45, 7) is 5.77. The van der Waals surface area contributed by atoms with Gasteiger partial charge >= 0.3 is 0 Å². The van der Waals surface area contributed by atoms with Gasteiger partial charge in [0.2, 0.25) is 5.91 Å². The number of aromatic nitrogens is 3. The Hall–Kier alpha value is -3.31. The maximum Gasteiger partial charge on any atom is 0.273 e.